The second-order valence-corrected chi connectivity index (χ2v) is 5.85. The summed E-state index contributed by atoms with van der Waals surface area (Å²) in [5.41, 5.74) is 1.76. The summed E-state index contributed by atoms with van der Waals surface area (Å²) in [4.78, 5) is 22.7. The summed E-state index contributed by atoms with van der Waals surface area (Å²) in [6.45, 7) is 3.41. The highest BCUT2D eigenvalue weighted by Gasteiger charge is 2.26. The molecule has 3 rings (SSSR count). The number of carbonyl (C=O) groups excluding carboxylic acids is 1. The average Bonchev–Trinajstić information content (AvgIpc) is 2.61. The van der Waals surface area contributed by atoms with E-state index in [1.54, 1.807) is 18.3 Å². The molecule has 0 spiro atoms. The predicted molar refractivity (Wildman–Crippen MR) is 86.8 cm³/mol. The molecular weight excluding hydrogens is 309 g/mol. The second-order valence-electron chi connectivity index (χ2n) is 5.85. The molecule has 1 aliphatic rings. The van der Waals surface area contributed by atoms with Crippen molar-refractivity contribution >= 4 is 5.91 Å². The van der Waals surface area contributed by atoms with Gasteiger partial charge in [-0.15, -0.1) is 0 Å². The number of hydrogen-bond acceptors (Lipinski definition) is 4. The van der Waals surface area contributed by atoms with Crippen LogP contribution in [0, 0.1) is 12.7 Å². The van der Waals surface area contributed by atoms with Gasteiger partial charge in [0.2, 0.25) is 5.91 Å². The van der Waals surface area contributed by atoms with Crippen molar-refractivity contribution in [1.29, 1.82) is 0 Å². The molecule has 0 aliphatic carbocycles. The molecule has 0 saturated carbocycles. The first-order chi connectivity index (χ1) is 11.6. The van der Waals surface area contributed by atoms with Crippen LogP contribution >= 0.6 is 0 Å². The fourth-order valence-electron chi connectivity index (χ4n) is 2.77. The molecule has 1 saturated heterocycles. The van der Waals surface area contributed by atoms with Crippen LogP contribution in [0.15, 0.2) is 36.5 Å². The molecular formula is C18H20FN3O2. The third-order valence-electron chi connectivity index (χ3n) is 4.09. The predicted octanol–water partition coefficient (Wildman–Crippen LogP) is 2.46. The van der Waals surface area contributed by atoms with Crippen molar-refractivity contribution in [2.45, 2.75) is 25.9 Å². The van der Waals surface area contributed by atoms with Gasteiger partial charge in [-0.3, -0.25) is 4.79 Å². The SMILES string of the molecule is Cc1nccc([C@@H]2CN(C(=O)CCc3ccc(F)cc3)CCO2)n1. The minimum Gasteiger partial charge on any atom is -0.368 e. The van der Waals surface area contributed by atoms with Crippen molar-refractivity contribution < 1.29 is 13.9 Å². The summed E-state index contributed by atoms with van der Waals surface area (Å²) in [6.07, 6.45) is 2.50. The number of halogens is 1. The summed E-state index contributed by atoms with van der Waals surface area (Å²) in [7, 11) is 0. The quantitative estimate of drug-likeness (QED) is 0.865. The third kappa shape index (κ3) is 4.14. The van der Waals surface area contributed by atoms with Gasteiger partial charge in [0.05, 0.1) is 18.8 Å². The Bertz CT molecular complexity index is 706. The topological polar surface area (TPSA) is 55.3 Å². The van der Waals surface area contributed by atoms with Crippen molar-refractivity contribution in [3.63, 3.8) is 0 Å². The van der Waals surface area contributed by atoms with Crippen LogP contribution < -0.4 is 0 Å². The van der Waals surface area contributed by atoms with Gasteiger partial charge in [-0.25, -0.2) is 14.4 Å². The lowest BCUT2D eigenvalue weighted by atomic mass is 10.1. The molecule has 5 nitrogen and oxygen atoms in total. The summed E-state index contributed by atoms with van der Waals surface area (Å²) in [5, 5.41) is 0. The maximum atomic E-state index is 12.9. The zero-order valence-corrected chi connectivity index (χ0v) is 13.6. The van der Waals surface area contributed by atoms with E-state index in [1.807, 2.05) is 17.9 Å². The van der Waals surface area contributed by atoms with Crippen molar-refractivity contribution in [3.05, 3.63) is 59.4 Å². The van der Waals surface area contributed by atoms with Gasteiger partial charge in [0.25, 0.3) is 0 Å². The number of ether oxygens (including phenoxy) is 1. The van der Waals surface area contributed by atoms with Crippen LogP contribution in [-0.2, 0) is 16.0 Å². The van der Waals surface area contributed by atoms with Crippen LogP contribution in [0.3, 0.4) is 0 Å². The molecule has 24 heavy (non-hydrogen) atoms. The van der Waals surface area contributed by atoms with Crippen molar-refractivity contribution in [1.82, 2.24) is 14.9 Å². The highest BCUT2D eigenvalue weighted by atomic mass is 19.1. The lowest BCUT2D eigenvalue weighted by Gasteiger charge is -2.32. The van der Waals surface area contributed by atoms with Crippen molar-refractivity contribution in [2.75, 3.05) is 19.7 Å². The van der Waals surface area contributed by atoms with Gasteiger partial charge < -0.3 is 9.64 Å². The lowest BCUT2D eigenvalue weighted by Crippen LogP contribution is -2.42. The number of aromatic nitrogens is 2. The van der Waals surface area contributed by atoms with Gasteiger partial charge >= 0.3 is 0 Å². The molecule has 126 valence electrons. The molecule has 2 heterocycles. The maximum absolute atomic E-state index is 12.9. The van der Waals surface area contributed by atoms with Crippen LogP contribution in [0.5, 0.6) is 0 Å². The number of benzene rings is 1. The minimum atomic E-state index is -0.263. The van der Waals surface area contributed by atoms with E-state index >= 15 is 0 Å². The number of aryl methyl sites for hydroxylation is 2. The molecule has 6 heteroatoms. The number of morpholine rings is 1. The van der Waals surface area contributed by atoms with E-state index in [1.165, 1.54) is 12.1 Å². The first-order valence-electron chi connectivity index (χ1n) is 8.05. The Kier molecular flexibility index (Phi) is 5.15. The van der Waals surface area contributed by atoms with Gasteiger partial charge in [-0.1, -0.05) is 12.1 Å². The molecule has 1 fully saturated rings. The van der Waals surface area contributed by atoms with Crippen LogP contribution in [0.1, 0.15) is 29.6 Å². The number of hydrogen-bond donors (Lipinski definition) is 0. The van der Waals surface area contributed by atoms with Gasteiger partial charge in [-0.2, -0.15) is 0 Å². The summed E-state index contributed by atoms with van der Waals surface area (Å²) in [6, 6.07) is 8.09. The van der Waals surface area contributed by atoms with Crippen molar-refractivity contribution in [3.8, 4) is 0 Å². The van der Waals surface area contributed by atoms with E-state index in [9.17, 15) is 9.18 Å². The molecule has 1 aromatic carbocycles. The van der Waals surface area contributed by atoms with Crippen molar-refractivity contribution in [2.24, 2.45) is 0 Å². The van der Waals surface area contributed by atoms with Gasteiger partial charge in [0.15, 0.2) is 0 Å². The van der Waals surface area contributed by atoms with Gasteiger partial charge in [-0.05, 0) is 37.1 Å². The Morgan fingerprint density at radius 1 is 1.33 bits per heavy atom. The van der Waals surface area contributed by atoms with E-state index in [-0.39, 0.29) is 17.8 Å². The lowest BCUT2D eigenvalue weighted by molar-refractivity contribution is -0.139. The van der Waals surface area contributed by atoms with E-state index < -0.39 is 0 Å². The van der Waals surface area contributed by atoms with Crippen LogP contribution in [0.2, 0.25) is 0 Å². The highest BCUT2D eigenvalue weighted by Crippen LogP contribution is 2.21. The maximum Gasteiger partial charge on any atom is 0.223 e. The Morgan fingerprint density at radius 3 is 2.88 bits per heavy atom. The summed E-state index contributed by atoms with van der Waals surface area (Å²) in [5.74, 6) is 0.510. The molecule has 1 amide bonds. The molecule has 0 N–H and O–H groups in total. The summed E-state index contributed by atoms with van der Waals surface area (Å²) < 4.78 is 18.7. The van der Waals surface area contributed by atoms with E-state index in [0.29, 0.717) is 38.4 Å². The zero-order valence-electron chi connectivity index (χ0n) is 13.6. The molecule has 1 atom stereocenters. The molecule has 1 aliphatic heterocycles. The van der Waals surface area contributed by atoms with E-state index in [4.69, 9.17) is 4.74 Å². The highest BCUT2D eigenvalue weighted by molar-refractivity contribution is 5.76. The number of carbonyl (C=O) groups is 1. The minimum absolute atomic E-state index is 0.0819. The normalized spacial score (nSPS) is 17.8. The average molecular weight is 329 g/mol. The molecule has 0 unspecified atom stereocenters. The molecule has 2 aromatic rings. The van der Waals surface area contributed by atoms with Gasteiger partial charge in [0.1, 0.15) is 17.7 Å². The fourth-order valence-corrected chi connectivity index (χ4v) is 2.77. The number of rotatable bonds is 4. The monoisotopic (exact) mass is 329 g/mol. The van der Waals surface area contributed by atoms with Crippen LogP contribution in [0.25, 0.3) is 0 Å². The number of amides is 1. The smallest absolute Gasteiger partial charge is 0.223 e. The molecule has 1 aromatic heterocycles. The number of nitrogens with zero attached hydrogens (tertiary/aromatic N) is 3. The van der Waals surface area contributed by atoms with E-state index in [0.717, 1.165) is 11.3 Å². The Labute approximate surface area is 140 Å². The Hall–Kier alpha value is -2.34. The Balaban J connectivity index is 1.57. The first kappa shape index (κ1) is 16.5. The molecule has 0 bridgehead atoms. The first-order valence-corrected chi connectivity index (χ1v) is 8.05. The van der Waals surface area contributed by atoms with Gasteiger partial charge in [0, 0.05) is 19.2 Å². The standard InChI is InChI=1S/C18H20FN3O2/c1-13-20-9-8-16(21-13)17-12-22(10-11-24-17)18(23)7-4-14-2-5-15(19)6-3-14/h2-3,5-6,8-9,17H,4,7,10-12H2,1H3/t17-/m0/s1. The van der Waals surface area contributed by atoms with Crippen LogP contribution in [0.4, 0.5) is 4.39 Å². The third-order valence-corrected chi connectivity index (χ3v) is 4.09. The largest absolute Gasteiger partial charge is 0.368 e. The van der Waals surface area contributed by atoms with E-state index in [2.05, 4.69) is 9.97 Å². The summed E-state index contributed by atoms with van der Waals surface area (Å²) >= 11 is 0. The second kappa shape index (κ2) is 7.49. The van der Waals surface area contributed by atoms with Crippen LogP contribution in [-0.4, -0.2) is 40.5 Å². The molecule has 0 radical (unpaired) electrons. The Morgan fingerprint density at radius 2 is 2.12 bits per heavy atom. The zero-order chi connectivity index (χ0) is 16.9. The fraction of sp³-hybridized carbons (Fsp3) is 0.389.